The monoisotopic (exact) mass is 373 g/mol. The Hall–Kier alpha value is -2.39. The van der Waals surface area contributed by atoms with Crippen molar-refractivity contribution in [1.82, 2.24) is 25.5 Å². The zero-order valence-corrected chi connectivity index (χ0v) is 15.6. The summed E-state index contributed by atoms with van der Waals surface area (Å²) in [5.74, 6) is 0.743. The van der Waals surface area contributed by atoms with Gasteiger partial charge in [0.1, 0.15) is 0 Å². The number of unbranched alkanes of at least 4 members (excludes halogenated alkanes) is 1. The Kier molecular flexibility index (Phi) is 6.46. The molecule has 9 heteroatoms. The molecule has 1 fully saturated rings. The fourth-order valence-electron chi connectivity index (χ4n) is 3.52. The third-order valence-electron chi connectivity index (χ3n) is 5.15. The predicted molar refractivity (Wildman–Crippen MR) is 101 cm³/mol. The van der Waals surface area contributed by atoms with Crippen LogP contribution in [0.1, 0.15) is 62.9 Å². The van der Waals surface area contributed by atoms with E-state index in [0.717, 1.165) is 56.5 Å². The topological polar surface area (TPSA) is 125 Å². The summed E-state index contributed by atoms with van der Waals surface area (Å²) >= 11 is 0. The molecule has 1 aliphatic rings. The third kappa shape index (κ3) is 4.86. The second-order valence-electron chi connectivity index (χ2n) is 7.17. The maximum Gasteiger partial charge on any atom is 0.269 e. The van der Waals surface area contributed by atoms with Crippen LogP contribution in [0.2, 0.25) is 0 Å². The number of rotatable bonds is 8. The summed E-state index contributed by atoms with van der Waals surface area (Å²) in [6.45, 7) is 2.88. The lowest BCUT2D eigenvalue weighted by molar-refractivity contribution is -0.384. The molecule has 1 heterocycles. The maximum absolute atomic E-state index is 11.0. The van der Waals surface area contributed by atoms with Crippen LogP contribution >= 0.6 is 0 Å². The first kappa shape index (κ1) is 19.4. The summed E-state index contributed by atoms with van der Waals surface area (Å²) in [7, 11) is 0. The molecule has 146 valence electrons. The van der Waals surface area contributed by atoms with E-state index < -0.39 is 0 Å². The van der Waals surface area contributed by atoms with Crippen molar-refractivity contribution in [2.45, 2.75) is 70.1 Å². The Labute approximate surface area is 158 Å². The number of aromatic nitrogens is 4. The van der Waals surface area contributed by atoms with E-state index in [1.165, 1.54) is 12.1 Å². The average Bonchev–Trinajstić information content (AvgIpc) is 3.14. The van der Waals surface area contributed by atoms with Crippen LogP contribution in [0.15, 0.2) is 24.3 Å². The maximum atomic E-state index is 11.0. The lowest BCUT2D eigenvalue weighted by Gasteiger charge is -2.30. The lowest BCUT2D eigenvalue weighted by atomic mass is 9.90. The van der Waals surface area contributed by atoms with Crippen molar-refractivity contribution in [2.24, 2.45) is 5.73 Å². The second-order valence-corrected chi connectivity index (χ2v) is 7.17. The zero-order chi connectivity index (χ0) is 19.2. The molecule has 1 aromatic heterocycles. The van der Waals surface area contributed by atoms with Gasteiger partial charge in [-0.2, -0.15) is 0 Å². The Morgan fingerprint density at radius 2 is 2.00 bits per heavy atom. The van der Waals surface area contributed by atoms with Gasteiger partial charge in [0.15, 0.2) is 5.82 Å². The van der Waals surface area contributed by atoms with Crippen LogP contribution in [0.4, 0.5) is 5.69 Å². The van der Waals surface area contributed by atoms with Crippen molar-refractivity contribution in [1.29, 1.82) is 0 Å². The highest BCUT2D eigenvalue weighted by Crippen LogP contribution is 2.26. The van der Waals surface area contributed by atoms with Gasteiger partial charge in [0.05, 0.1) is 11.0 Å². The number of hydrogen-bond donors (Lipinski definition) is 2. The van der Waals surface area contributed by atoms with Crippen molar-refractivity contribution in [3.8, 4) is 0 Å². The molecule has 9 nitrogen and oxygen atoms in total. The van der Waals surface area contributed by atoms with E-state index in [1.807, 2.05) is 4.68 Å². The molecule has 27 heavy (non-hydrogen) atoms. The van der Waals surface area contributed by atoms with Gasteiger partial charge in [0.2, 0.25) is 0 Å². The third-order valence-corrected chi connectivity index (χ3v) is 5.15. The van der Waals surface area contributed by atoms with Crippen LogP contribution in [-0.4, -0.2) is 37.2 Å². The molecule has 0 aliphatic heterocycles. The Balaban J connectivity index is 1.86. The first-order chi connectivity index (χ1) is 13.1. The number of nitrogens with two attached hydrogens (primary N) is 1. The van der Waals surface area contributed by atoms with Crippen LogP contribution in [0.3, 0.4) is 0 Å². The highest BCUT2D eigenvalue weighted by Gasteiger charge is 2.27. The molecular formula is C18H27N7O2. The summed E-state index contributed by atoms with van der Waals surface area (Å²) < 4.78 is 1.83. The molecule has 1 aromatic carbocycles. The minimum Gasteiger partial charge on any atom is -0.328 e. The van der Waals surface area contributed by atoms with Gasteiger partial charge in [-0.3, -0.25) is 10.1 Å². The Morgan fingerprint density at radius 3 is 2.63 bits per heavy atom. The fourth-order valence-corrected chi connectivity index (χ4v) is 3.52. The standard InChI is InChI=1S/C18H27N7O2/c1-2-3-12-24-18(21-22-23-24)17(20-15-8-6-14(19)7-9-15)13-4-10-16(11-5-13)25(26)27/h4-5,10-11,14-15,17,20H,2-3,6-9,12,19H2,1H3. The lowest BCUT2D eigenvalue weighted by Crippen LogP contribution is -2.40. The number of non-ortho nitro benzene ring substituents is 1. The van der Waals surface area contributed by atoms with Crippen molar-refractivity contribution in [3.63, 3.8) is 0 Å². The number of nitro benzene ring substituents is 1. The Bertz CT molecular complexity index is 738. The smallest absolute Gasteiger partial charge is 0.269 e. The Morgan fingerprint density at radius 1 is 1.30 bits per heavy atom. The van der Waals surface area contributed by atoms with Gasteiger partial charge >= 0.3 is 0 Å². The van der Waals surface area contributed by atoms with Crippen LogP contribution in [-0.2, 0) is 6.54 Å². The van der Waals surface area contributed by atoms with Crippen LogP contribution in [0.5, 0.6) is 0 Å². The number of nitrogens with one attached hydrogen (secondary N) is 1. The highest BCUT2D eigenvalue weighted by molar-refractivity contribution is 5.36. The highest BCUT2D eigenvalue weighted by atomic mass is 16.6. The predicted octanol–water partition coefficient (Wildman–Crippen LogP) is 2.33. The van der Waals surface area contributed by atoms with E-state index in [0.29, 0.717) is 6.04 Å². The fraction of sp³-hybridized carbons (Fsp3) is 0.611. The van der Waals surface area contributed by atoms with Crippen molar-refractivity contribution in [2.75, 3.05) is 0 Å². The first-order valence-electron chi connectivity index (χ1n) is 9.60. The van der Waals surface area contributed by atoms with Gasteiger partial charge in [-0.15, -0.1) is 5.10 Å². The van der Waals surface area contributed by atoms with Crippen molar-refractivity contribution >= 4 is 5.69 Å². The number of nitro groups is 1. The van der Waals surface area contributed by atoms with Crippen LogP contribution < -0.4 is 11.1 Å². The van der Waals surface area contributed by atoms with E-state index >= 15 is 0 Å². The molecule has 3 N–H and O–H groups in total. The van der Waals surface area contributed by atoms with Gasteiger partial charge in [-0.25, -0.2) is 4.68 Å². The van der Waals surface area contributed by atoms with E-state index in [-0.39, 0.29) is 22.7 Å². The number of benzene rings is 1. The van der Waals surface area contributed by atoms with Gasteiger partial charge in [-0.1, -0.05) is 25.5 Å². The quantitative estimate of drug-likeness (QED) is 0.537. The largest absolute Gasteiger partial charge is 0.328 e. The van der Waals surface area contributed by atoms with Gasteiger partial charge in [0, 0.05) is 30.8 Å². The molecular weight excluding hydrogens is 346 g/mol. The average molecular weight is 373 g/mol. The zero-order valence-electron chi connectivity index (χ0n) is 15.6. The molecule has 0 bridgehead atoms. The molecule has 0 radical (unpaired) electrons. The van der Waals surface area contributed by atoms with Gasteiger partial charge < -0.3 is 11.1 Å². The molecule has 1 unspecified atom stereocenters. The molecule has 1 saturated carbocycles. The van der Waals surface area contributed by atoms with Crippen molar-refractivity contribution < 1.29 is 4.92 Å². The minimum absolute atomic E-state index is 0.0757. The van der Waals surface area contributed by atoms with Crippen LogP contribution in [0, 0.1) is 10.1 Å². The number of hydrogen-bond acceptors (Lipinski definition) is 7. The molecule has 0 amide bonds. The second kappa shape index (κ2) is 9.01. The van der Waals surface area contributed by atoms with Gasteiger partial charge in [-0.05, 0) is 48.1 Å². The number of nitrogens with zero attached hydrogens (tertiary/aromatic N) is 5. The van der Waals surface area contributed by atoms with Crippen LogP contribution in [0.25, 0.3) is 0 Å². The van der Waals surface area contributed by atoms with E-state index in [2.05, 4.69) is 27.8 Å². The molecule has 0 spiro atoms. The summed E-state index contributed by atoms with van der Waals surface area (Å²) in [5.41, 5.74) is 7.02. The summed E-state index contributed by atoms with van der Waals surface area (Å²) in [6, 6.07) is 7.00. The van der Waals surface area contributed by atoms with Crippen molar-refractivity contribution in [3.05, 3.63) is 45.8 Å². The van der Waals surface area contributed by atoms with E-state index in [9.17, 15) is 10.1 Å². The first-order valence-corrected chi connectivity index (χ1v) is 9.60. The van der Waals surface area contributed by atoms with Gasteiger partial charge in [0.25, 0.3) is 5.69 Å². The minimum atomic E-state index is -0.389. The summed E-state index contributed by atoms with van der Waals surface area (Å²) in [6.07, 6.45) is 6.03. The molecule has 3 rings (SSSR count). The number of aryl methyl sites for hydroxylation is 1. The van der Waals surface area contributed by atoms with E-state index in [1.54, 1.807) is 12.1 Å². The molecule has 0 saturated heterocycles. The molecule has 1 aliphatic carbocycles. The number of tetrazole rings is 1. The van der Waals surface area contributed by atoms with E-state index in [4.69, 9.17) is 5.73 Å². The normalized spacial score (nSPS) is 21.1. The summed E-state index contributed by atoms with van der Waals surface area (Å²) in [5, 5.41) is 26.9. The molecule has 1 atom stereocenters. The SMILES string of the molecule is CCCCn1nnnc1C(NC1CCC(N)CC1)c1ccc([N+](=O)[O-])cc1. The summed E-state index contributed by atoms with van der Waals surface area (Å²) in [4.78, 5) is 10.6. The molecule has 2 aromatic rings.